The van der Waals surface area contributed by atoms with Crippen molar-refractivity contribution in [3.8, 4) is 0 Å². The molecule has 112 valence electrons. The molecule has 2 N–H and O–H groups in total. The van der Waals surface area contributed by atoms with E-state index < -0.39 is 6.04 Å². The zero-order valence-electron chi connectivity index (χ0n) is 13.6. The molecule has 0 aliphatic rings. The van der Waals surface area contributed by atoms with Crippen molar-refractivity contribution in [3.63, 3.8) is 0 Å². The lowest BCUT2D eigenvalue weighted by Crippen LogP contribution is -2.30. The second-order valence-electron chi connectivity index (χ2n) is 3.86. The van der Waals surface area contributed by atoms with Gasteiger partial charge in [-0.3, -0.25) is 4.79 Å². The molecule has 0 saturated carbocycles. The molecule has 0 rings (SSSR count). The summed E-state index contributed by atoms with van der Waals surface area (Å²) in [5, 5.41) is 0. The summed E-state index contributed by atoms with van der Waals surface area (Å²) >= 11 is 0. The number of nitrogens with two attached hydrogens (primary N) is 1. The molecule has 18 heavy (non-hydrogen) atoms. The summed E-state index contributed by atoms with van der Waals surface area (Å²) in [5.41, 5.74) is 5.40. The summed E-state index contributed by atoms with van der Waals surface area (Å²) < 4.78 is 5.11. The van der Waals surface area contributed by atoms with E-state index in [4.69, 9.17) is 10.5 Å². The summed E-state index contributed by atoms with van der Waals surface area (Å²) in [6.45, 7) is 14.5. The molecule has 3 heteroatoms. The van der Waals surface area contributed by atoms with Crippen molar-refractivity contribution in [1.82, 2.24) is 0 Å². The van der Waals surface area contributed by atoms with E-state index in [2.05, 4.69) is 13.8 Å². The Bertz CT molecular complexity index is 153. The van der Waals surface area contributed by atoms with Gasteiger partial charge in [0, 0.05) is 0 Å². The van der Waals surface area contributed by atoms with Crippen LogP contribution in [0.2, 0.25) is 0 Å². The fourth-order valence-electron chi connectivity index (χ4n) is 1.46. The van der Waals surface area contributed by atoms with Gasteiger partial charge in [0.25, 0.3) is 0 Å². The number of rotatable bonds is 7. The van der Waals surface area contributed by atoms with Crippen molar-refractivity contribution >= 4 is 5.97 Å². The molecule has 0 aromatic carbocycles. The minimum atomic E-state index is -0.501. The van der Waals surface area contributed by atoms with Crippen molar-refractivity contribution in [3.05, 3.63) is 0 Å². The summed E-state index contributed by atoms with van der Waals surface area (Å²) in [6, 6.07) is -0.501. The highest BCUT2D eigenvalue weighted by Gasteiger charge is 2.12. The summed E-state index contributed by atoms with van der Waals surface area (Å²) in [7, 11) is 0. The van der Waals surface area contributed by atoms with E-state index in [1.54, 1.807) is 6.92 Å². The third-order valence-corrected chi connectivity index (χ3v) is 2.23. The zero-order chi connectivity index (χ0) is 15.0. The minimum Gasteiger partial charge on any atom is -0.464 e. The van der Waals surface area contributed by atoms with E-state index in [0.29, 0.717) is 12.5 Å². The monoisotopic (exact) mass is 261 g/mol. The lowest BCUT2D eigenvalue weighted by molar-refractivity contribution is -0.146. The Morgan fingerprint density at radius 2 is 1.44 bits per heavy atom. The van der Waals surface area contributed by atoms with Gasteiger partial charge in [0.05, 0.1) is 6.61 Å². The molecule has 0 fully saturated rings. The van der Waals surface area contributed by atoms with Crippen LogP contribution in [0.1, 0.15) is 74.1 Å². The van der Waals surface area contributed by atoms with Gasteiger partial charge in [0.2, 0.25) is 0 Å². The second-order valence-corrected chi connectivity index (χ2v) is 3.86. The van der Waals surface area contributed by atoms with Gasteiger partial charge in [-0.25, -0.2) is 0 Å². The molecule has 0 saturated heterocycles. The molecule has 0 bridgehead atoms. The Morgan fingerprint density at radius 1 is 1.06 bits per heavy atom. The van der Waals surface area contributed by atoms with Crippen molar-refractivity contribution in [2.45, 2.75) is 80.2 Å². The number of carbonyl (C=O) groups is 1. The minimum absolute atomic E-state index is 0.290. The second kappa shape index (κ2) is 18.8. The third-order valence-electron chi connectivity index (χ3n) is 2.23. The maximum atomic E-state index is 11.1. The van der Waals surface area contributed by atoms with Gasteiger partial charge in [-0.05, 0) is 25.7 Å². The van der Waals surface area contributed by atoms with Gasteiger partial charge in [0.15, 0.2) is 0 Å². The highest BCUT2D eigenvalue weighted by atomic mass is 16.5. The molecule has 0 spiro atoms. The number of carbonyl (C=O) groups excluding carboxylic acids is 1. The van der Waals surface area contributed by atoms with Crippen LogP contribution in [0.5, 0.6) is 0 Å². The van der Waals surface area contributed by atoms with Gasteiger partial charge in [-0.2, -0.15) is 0 Å². The topological polar surface area (TPSA) is 52.3 Å². The van der Waals surface area contributed by atoms with E-state index >= 15 is 0 Å². The number of ether oxygens (including phenoxy) is 1. The Labute approximate surface area is 114 Å². The van der Waals surface area contributed by atoms with Crippen LogP contribution in [-0.4, -0.2) is 18.6 Å². The molecule has 3 nitrogen and oxygen atoms in total. The first-order valence-electron chi connectivity index (χ1n) is 7.54. The fraction of sp³-hybridized carbons (Fsp3) is 0.933. The van der Waals surface area contributed by atoms with Crippen molar-refractivity contribution in [2.24, 2.45) is 11.7 Å². The first kappa shape index (κ1) is 22.6. The van der Waals surface area contributed by atoms with E-state index in [1.165, 1.54) is 0 Å². The van der Waals surface area contributed by atoms with E-state index in [9.17, 15) is 4.79 Å². The summed E-state index contributed by atoms with van der Waals surface area (Å²) in [5.74, 6) is 0.218. The average Bonchev–Trinajstić information content (AvgIpc) is 2.40. The average molecular weight is 261 g/mol. The van der Waals surface area contributed by atoms with Crippen LogP contribution in [0.25, 0.3) is 0 Å². The lowest BCUT2D eigenvalue weighted by Gasteiger charge is -2.16. The van der Waals surface area contributed by atoms with Crippen molar-refractivity contribution in [2.75, 3.05) is 6.61 Å². The molecular formula is C15H35NO2. The molecule has 0 aliphatic heterocycles. The SMILES string of the molecule is CC.CC.CCCC(CCC)COC(=O)C(C)N. The fourth-order valence-corrected chi connectivity index (χ4v) is 1.46. The molecule has 1 unspecified atom stereocenters. The Hall–Kier alpha value is -0.570. The van der Waals surface area contributed by atoms with E-state index in [-0.39, 0.29) is 5.97 Å². The summed E-state index contributed by atoms with van der Waals surface area (Å²) in [4.78, 5) is 11.1. The maximum Gasteiger partial charge on any atom is 0.322 e. The number of hydrogen-bond acceptors (Lipinski definition) is 3. The van der Waals surface area contributed by atoms with Crippen molar-refractivity contribution < 1.29 is 9.53 Å². The standard InChI is InChI=1S/C11H23NO2.2C2H6/c1-4-6-10(7-5-2)8-14-11(13)9(3)12;2*1-2/h9-10H,4-8,12H2,1-3H3;2*1-2H3. The van der Waals surface area contributed by atoms with Crippen molar-refractivity contribution in [1.29, 1.82) is 0 Å². The van der Waals surface area contributed by atoms with Gasteiger partial charge >= 0.3 is 5.97 Å². The molecule has 0 heterocycles. The van der Waals surface area contributed by atoms with Crippen LogP contribution < -0.4 is 5.73 Å². The van der Waals surface area contributed by atoms with Crippen LogP contribution in [0.4, 0.5) is 0 Å². The van der Waals surface area contributed by atoms with Crippen LogP contribution in [0.15, 0.2) is 0 Å². The maximum absolute atomic E-state index is 11.1. The van der Waals surface area contributed by atoms with Crippen LogP contribution in [0.3, 0.4) is 0 Å². The smallest absolute Gasteiger partial charge is 0.322 e. The predicted molar refractivity (Wildman–Crippen MR) is 80.6 cm³/mol. The van der Waals surface area contributed by atoms with Gasteiger partial charge in [-0.1, -0.05) is 54.4 Å². The van der Waals surface area contributed by atoms with E-state index in [0.717, 1.165) is 25.7 Å². The highest BCUT2D eigenvalue weighted by molar-refractivity contribution is 5.74. The van der Waals surface area contributed by atoms with Crippen LogP contribution >= 0.6 is 0 Å². The zero-order valence-corrected chi connectivity index (χ0v) is 13.6. The molecule has 0 aromatic heterocycles. The molecular weight excluding hydrogens is 226 g/mol. The van der Waals surface area contributed by atoms with Gasteiger partial charge in [0.1, 0.15) is 6.04 Å². The number of hydrogen-bond donors (Lipinski definition) is 1. The molecule has 0 aliphatic carbocycles. The Balaban J connectivity index is -0.000000506. The highest BCUT2D eigenvalue weighted by Crippen LogP contribution is 2.13. The van der Waals surface area contributed by atoms with Crippen LogP contribution in [0, 0.1) is 5.92 Å². The molecule has 0 amide bonds. The molecule has 0 radical (unpaired) electrons. The first-order chi connectivity index (χ1) is 8.61. The summed E-state index contributed by atoms with van der Waals surface area (Å²) in [6.07, 6.45) is 4.53. The van der Waals surface area contributed by atoms with Gasteiger partial charge in [-0.15, -0.1) is 0 Å². The Kier molecular flexibility index (Phi) is 23.6. The lowest BCUT2D eigenvalue weighted by atomic mass is 9.99. The molecule has 0 aromatic rings. The quantitative estimate of drug-likeness (QED) is 0.701. The normalized spacial score (nSPS) is 10.7. The van der Waals surface area contributed by atoms with E-state index in [1.807, 2.05) is 27.7 Å². The number of esters is 1. The van der Waals surface area contributed by atoms with Crippen LogP contribution in [-0.2, 0) is 9.53 Å². The first-order valence-corrected chi connectivity index (χ1v) is 7.54. The Morgan fingerprint density at radius 3 is 1.72 bits per heavy atom. The predicted octanol–water partition coefficient (Wildman–Crippen LogP) is 4.15. The van der Waals surface area contributed by atoms with Gasteiger partial charge < -0.3 is 10.5 Å². The largest absolute Gasteiger partial charge is 0.464 e. The third kappa shape index (κ3) is 15.4. The molecule has 1 atom stereocenters.